The van der Waals surface area contributed by atoms with E-state index in [-0.39, 0.29) is 0 Å². The third kappa shape index (κ3) is 1.97. The van der Waals surface area contributed by atoms with Crippen LogP contribution in [0.5, 0.6) is 0 Å². The molecule has 0 bridgehead atoms. The van der Waals surface area contributed by atoms with Crippen LogP contribution in [0, 0.1) is 11.3 Å². The molecule has 0 spiro atoms. The fourth-order valence-electron chi connectivity index (χ4n) is 2.00. The standard InChI is InChI=1S/C11H15N5/c1-15(2)10-4-6-16(8-10)11-9(7-12)3-5-13-14-11/h3,5,10H,4,6,8H2,1-2H3. The van der Waals surface area contributed by atoms with Crippen LogP contribution < -0.4 is 4.90 Å². The maximum atomic E-state index is 9.00. The van der Waals surface area contributed by atoms with E-state index in [1.807, 2.05) is 0 Å². The molecule has 1 aromatic heterocycles. The van der Waals surface area contributed by atoms with E-state index >= 15 is 0 Å². The Hall–Kier alpha value is -1.67. The fraction of sp³-hybridized carbons (Fsp3) is 0.545. The van der Waals surface area contributed by atoms with E-state index in [2.05, 4.69) is 40.2 Å². The Morgan fingerprint density at radius 3 is 3.00 bits per heavy atom. The third-order valence-electron chi connectivity index (χ3n) is 3.01. The molecule has 0 aromatic carbocycles. The summed E-state index contributed by atoms with van der Waals surface area (Å²) in [6, 6.07) is 4.41. The monoisotopic (exact) mass is 217 g/mol. The molecule has 1 aliphatic rings. The highest BCUT2D eigenvalue weighted by Gasteiger charge is 2.26. The smallest absolute Gasteiger partial charge is 0.169 e. The van der Waals surface area contributed by atoms with Crippen LogP contribution in [0.4, 0.5) is 5.82 Å². The van der Waals surface area contributed by atoms with Crippen molar-refractivity contribution in [2.45, 2.75) is 12.5 Å². The van der Waals surface area contributed by atoms with Crippen molar-refractivity contribution in [2.75, 3.05) is 32.1 Å². The Labute approximate surface area is 95.3 Å². The summed E-state index contributed by atoms with van der Waals surface area (Å²) >= 11 is 0. The van der Waals surface area contributed by atoms with E-state index in [1.54, 1.807) is 12.3 Å². The lowest BCUT2D eigenvalue weighted by Gasteiger charge is -2.21. The number of likely N-dealkylation sites (N-methyl/N-ethyl adjacent to an activating group) is 1. The van der Waals surface area contributed by atoms with Crippen molar-refractivity contribution in [2.24, 2.45) is 0 Å². The van der Waals surface area contributed by atoms with Crippen molar-refractivity contribution in [3.05, 3.63) is 17.8 Å². The minimum absolute atomic E-state index is 0.536. The van der Waals surface area contributed by atoms with Crippen LogP contribution in [-0.4, -0.2) is 48.3 Å². The lowest BCUT2D eigenvalue weighted by atomic mass is 10.2. The maximum absolute atomic E-state index is 9.00. The van der Waals surface area contributed by atoms with Gasteiger partial charge in [0.1, 0.15) is 6.07 Å². The molecule has 2 rings (SSSR count). The van der Waals surface area contributed by atoms with Crippen LogP contribution in [0.3, 0.4) is 0 Å². The van der Waals surface area contributed by atoms with Gasteiger partial charge in [-0.15, -0.1) is 5.10 Å². The second-order valence-electron chi connectivity index (χ2n) is 4.23. The van der Waals surface area contributed by atoms with Gasteiger partial charge >= 0.3 is 0 Å². The molecule has 1 atom stereocenters. The molecule has 0 saturated carbocycles. The zero-order valence-electron chi connectivity index (χ0n) is 9.59. The SMILES string of the molecule is CN(C)C1CCN(c2nnccc2C#N)C1. The van der Waals surface area contributed by atoms with Crippen molar-refractivity contribution >= 4 is 5.82 Å². The van der Waals surface area contributed by atoms with Crippen LogP contribution in [0.2, 0.25) is 0 Å². The van der Waals surface area contributed by atoms with Crippen molar-refractivity contribution in [1.82, 2.24) is 15.1 Å². The summed E-state index contributed by atoms with van der Waals surface area (Å²) < 4.78 is 0. The highest BCUT2D eigenvalue weighted by Crippen LogP contribution is 2.22. The average molecular weight is 217 g/mol. The van der Waals surface area contributed by atoms with Crippen molar-refractivity contribution in [3.63, 3.8) is 0 Å². The number of hydrogen-bond acceptors (Lipinski definition) is 5. The molecule has 1 aliphatic heterocycles. The second kappa shape index (κ2) is 4.45. The molecule has 5 heteroatoms. The average Bonchev–Trinajstić information content (AvgIpc) is 2.78. The Morgan fingerprint density at radius 2 is 2.38 bits per heavy atom. The summed E-state index contributed by atoms with van der Waals surface area (Å²) in [5.74, 6) is 0.717. The Kier molecular flexibility index (Phi) is 3.02. The predicted octanol–water partition coefficient (Wildman–Crippen LogP) is 0.489. The summed E-state index contributed by atoms with van der Waals surface area (Å²) in [7, 11) is 4.16. The van der Waals surface area contributed by atoms with Crippen LogP contribution in [-0.2, 0) is 0 Å². The zero-order valence-corrected chi connectivity index (χ0v) is 9.59. The highest BCUT2D eigenvalue weighted by atomic mass is 15.3. The van der Waals surface area contributed by atoms with Gasteiger partial charge in [-0.05, 0) is 26.6 Å². The van der Waals surface area contributed by atoms with Crippen LogP contribution in [0.25, 0.3) is 0 Å². The minimum atomic E-state index is 0.536. The number of rotatable bonds is 2. The first-order chi connectivity index (χ1) is 7.72. The van der Waals surface area contributed by atoms with Crippen molar-refractivity contribution in [1.29, 1.82) is 5.26 Å². The van der Waals surface area contributed by atoms with Gasteiger partial charge in [-0.25, -0.2) is 0 Å². The Balaban J connectivity index is 2.18. The number of aromatic nitrogens is 2. The van der Waals surface area contributed by atoms with Gasteiger partial charge in [0.2, 0.25) is 0 Å². The molecule has 0 aliphatic carbocycles. The summed E-state index contributed by atoms with van der Waals surface area (Å²) in [5.41, 5.74) is 0.606. The van der Waals surface area contributed by atoms with Crippen molar-refractivity contribution in [3.8, 4) is 6.07 Å². The first-order valence-electron chi connectivity index (χ1n) is 5.35. The number of nitrogens with zero attached hydrogens (tertiary/aromatic N) is 5. The molecule has 1 fully saturated rings. The molecule has 5 nitrogen and oxygen atoms in total. The van der Waals surface area contributed by atoms with Gasteiger partial charge in [-0.1, -0.05) is 0 Å². The first-order valence-corrected chi connectivity index (χ1v) is 5.35. The predicted molar refractivity (Wildman–Crippen MR) is 61.1 cm³/mol. The van der Waals surface area contributed by atoms with E-state index in [9.17, 15) is 0 Å². The lowest BCUT2D eigenvalue weighted by molar-refractivity contribution is 0.315. The van der Waals surface area contributed by atoms with Gasteiger partial charge in [0.15, 0.2) is 5.82 Å². The first kappa shape index (κ1) is 10.8. The van der Waals surface area contributed by atoms with Gasteiger partial charge < -0.3 is 9.80 Å². The Bertz CT molecular complexity index is 409. The van der Waals surface area contributed by atoms with Crippen molar-refractivity contribution < 1.29 is 0 Å². The molecule has 1 saturated heterocycles. The third-order valence-corrected chi connectivity index (χ3v) is 3.01. The van der Waals surface area contributed by atoms with Gasteiger partial charge in [-0.3, -0.25) is 0 Å². The topological polar surface area (TPSA) is 56.1 Å². The quantitative estimate of drug-likeness (QED) is 0.721. The summed E-state index contributed by atoms with van der Waals surface area (Å²) in [6.07, 6.45) is 2.66. The van der Waals surface area contributed by atoms with Crippen LogP contribution in [0.1, 0.15) is 12.0 Å². The molecular weight excluding hydrogens is 202 g/mol. The molecule has 84 valence electrons. The second-order valence-corrected chi connectivity index (χ2v) is 4.23. The van der Waals surface area contributed by atoms with E-state index in [0.29, 0.717) is 17.4 Å². The number of hydrogen-bond donors (Lipinski definition) is 0. The lowest BCUT2D eigenvalue weighted by Crippen LogP contribution is -2.32. The zero-order chi connectivity index (χ0) is 11.5. The molecule has 2 heterocycles. The summed E-state index contributed by atoms with van der Waals surface area (Å²) in [5, 5.41) is 16.9. The van der Waals surface area contributed by atoms with E-state index < -0.39 is 0 Å². The highest BCUT2D eigenvalue weighted by molar-refractivity contribution is 5.53. The molecule has 0 N–H and O–H groups in total. The minimum Gasteiger partial charge on any atom is -0.352 e. The molecular formula is C11H15N5. The molecule has 1 aromatic rings. The van der Waals surface area contributed by atoms with Crippen LogP contribution in [0.15, 0.2) is 12.3 Å². The number of nitriles is 1. The number of anilines is 1. The summed E-state index contributed by atoms with van der Waals surface area (Å²) in [4.78, 5) is 4.35. The largest absolute Gasteiger partial charge is 0.352 e. The molecule has 1 unspecified atom stereocenters. The van der Waals surface area contributed by atoms with Crippen LogP contribution >= 0.6 is 0 Å². The van der Waals surface area contributed by atoms with Gasteiger partial charge in [0.05, 0.1) is 11.8 Å². The normalized spacial score (nSPS) is 20.1. The van der Waals surface area contributed by atoms with E-state index in [0.717, 1.165) is 19.5 Å². The molecule has 0 amide bonds. The Morgan fingerprint density at radius 1 is 1.56 bits per heavy atom. The fourth-order valence-corrected chi connectivity index (χ4v) is 2.00. The molecule has 16 heavy (non-hydrogen) atoms. The van der Waals surface area contributed by atoms with Gasteiger partial charge in [0, 0.05) is 19.1 Å². The van der Waals surface area contributed by atoms with E-state index in [1.165, 1.54) is 0 Å². The maximum Gasteiger partial charge on any atom is 0.169 e. The van der Waals surface area contributed by atoms with E-state index in [4.69, 9.17) is 5.26 Å². The summed E-state index contributed by atoms with van der Waals surface area (Å²) in [6.45, 7) is 1.86. The van der Waals surface area contributed by atoms with Gasteiger partial charge in [-0.2, -0.15) is 10.4 Å². The molecule has 0 radical (unpaired) electrons. The van der Waals surface area contributed by atoms with Gasteiger partial charge in [0.25, 0.3) is 0 Å².